The Balaban J connectivity index is 1.62. The molecule has 0 spiro atoms. The van der Waals surface area contributed by atoms with Crippen LogP contribution in [-0.2, 0) is 0 Å². The molecule has 4 aromatic carbocycles. The van der Waals surface area contributed by atoms with Crippen molar-refractivity contribution in [2.24, 2.45) is 0 Å². The third-order valence-corrected chi connectivity index (χ3v) is 6.05. The van der Waals surface area contributed by atoms with Crippen LogP contribution in [0.15, 0.2) is 133 Å². The molecule has 1 nitrogen and oxygen atoms in total. The number of hydrogen-bond donors (Lipinski definition) is 0. The number of anilines is 2. The van der Waals surface area contributed by atoms with Crippen LogP contribution in [0.1, 0.15) is 19.8 Å². The van der Waals surface area contributed by atoms with Crippen molar-refractivity contribution in [3.8, 4) is 22.3 Å². The van der Waals surface area contributed by atoms with E-state index < -0.39 is 0 Å². The van der Waals surface area contributed by atoms with E-state index in [9.17, 15) is 0 Å². The highest BCUT2D eigenvalue weighted by molar-refractivity contribution is 5.78. The van der Waals surface area contributed by atoms with Crippen LogP contribution in [0.4, 0.5) is 11.4 Å². The van der Waals surface area contributed by atoms with Gasteiger partial charge in [0.15, 0.2) is 0 Å². The van der Waals surface area contributed by atoms with E-state index in [-0.39, 0.29) is 0 Å². The maximum Gasteiger partial charge on any atom is 0.0464 e. The third kappa shape index (κ3) is 4.29. The summed E-state index contributed by atoms with van der Waals surface area (Å²) in [6.07, 6.45) is 6.67. The normalized spacial score (nSPS) is 13.3. The first-order chi connectivity index (χ1) is 15.8. The molecule has 0 aromatic heterocycles. The molecule has 32 heavy (non-hydrogen) atoms. The topological polar surface area (TPSA) is 3.24 Å². The van der Waals surface area contributed by atoms with E-state index in [0.717, 1.165) is 12.8 Å². The van der Waals surface area contributed by atoms with Gasteiger partial charge in [-0.15, -0.1) is 0 Å². The number of rotatable bonds is 5. The van der Waals surface area contributed by atoms with E-state index in [2.05, 4.69) is 133 Å². The van der Waals surface area contributed by atoms with Gasteiger partial charge in [0.1, 0.15) is 0 Å². The fourth-order valence-electron chi connectivity index (χ4n) is 4.31. The molecular formula is C31H27N. The van der Waals surface area contributed by atoms with Gasteiger partial charge in [-0.2, -0.15) is 0 Å². The summed E-state index contributed by atoms with van der Waals surface area (Å²) >= 11 is 0. The van der Waals surface area contributed by atoms with Crippen molar-refractivity contribution in [2.75, 3.05) is 4.90 Å². The molecule has 0 heterocycles. The second-order valence-electron chi connectivity index (χ2n) is 8.34. The van der Waals surface area contributed by atoms with E-state index in [4.69, 9.17) is 0 Å². The zero-order valence-corrected chi connectivity index (χ0v) is 18.4. The SMILES string of the molecule is CC1=CC=C(N(c2cccc(-c3ccccc3)c2)c2cccc(-c3ccccc3)c2)CC1. The van der Waals surface area contributed by atoms with Crippen molar-refractivity contribution in [1.82, 2.24) is 0 Å². The summed E-state index contributed by atoms with van der Waals surface area (Å²) in [6, 6.07) is 39.0. The summed E-state index contributed by atoms with van der Waals surface area (Å²) in [6.45, 7) is 2.21. The van der Waals surface area contributed by atoms with Crippen LogP contribution in [0.2, 0.25) is 0 Å². The van der Waals surface area contributed by atoms with E-state index in [1.54, 1.807) is 0 Å². The molecule has 0 amide bonds. The standard InChI is InChI=1S/C31H27N/c1-24-18-20-29(21-19-24)32(30-16-8-14-27(22-30)25-10-4-2-5-11-25)31-17-9-15-28(23-31)26-12-6-3-7-13-26/h2-18,20,22-23H,19,21H2,1H3. The van der Waals surface area contributed by atoms with Gasteiger partial charge in [0.05, 0.1) is 0 Å². The van der Waals surface area contributed by atoms with E-state index in [1.165, 1.54) is 44.9 Å². The maximum absolute atomic E-state index is 2.42. The second kappa shape index (κ2) is 9.11. The lowest BCUT2D eigenvalue weighted by Crippen LogP contribution is -2.18. The van der Waals surface area contributed by atoms with Gasteiger partial charge < -0.3 is 4.90 Å². The van der Waals surface area contributed by atoms with Crippen LogP contribution in [0.3, 0.4) is 0 Å². The molecule has 0 aliphatic heterocycles. The average Bonchev–Trinajstić information content (AvgIpc) is 2.87. The fourth-order valence-corrected chi connectivity index (χ4v) is 4.31. The Hall–Kier alpha value is -3.84. The molecule has 1 heteroatoms. The minimum absolute atomic E-state index is 1.04. The average molecular weight is 414 g/mol. The Labute approximate surface area is 191 Å². The summed E-state index contributed by atoms with van der Waals surface area (Å²) in [5.41, 5.74) is 10.1. The largest absolute Gasteiger partial charge is 0.314 e. The molecule has 1 aliphatic carbocycles. The first-order valence-electron chi connectivity index (χ1n) is 11.3. The third-order valence-electron chi connectivity index (χ3n) is 6.05. The van der Waals surface area contributed by atoms with Gasteiger partial charge in [-0.1, -0.05) is 96.6 Å². The summed E-state index contributed by atoms with van der Waals surface area (Å²) in [4.78, 5) is 2.42. The summed E-state index contributed by atoms with van der Waals surface area (Å²) < 4.78 is 0. The van der Waals surface area contributed by atoms with Gasteiger partial charge in [0.25, 0.3) is 0 Å². The number of allylic oxidation sites excluding steroid dienone is 4. The van der Waals surface area contributed by atoms with Crippen molar-refractivity contribution >= 4 is 11.4 Å². The molecule has 156 valence electrons. The summed E-state index contributed by atoms with van der Waals surface area (Å²) in [5, 5.41) is 0. The number of benzene rings is 4. The highest BCUT2D eigenvalue weighted by Crippen LogP contribution is 2.37. The Morgan fingerprint density at radius 3 is 1.47 bits per heavy atom. The highest BCUT2D eigenvalue weighted by atomic mass is 15.1. The first kappa shape index (κ1) is 20.1. The van der Waals surface area contributed by atoms with Gasteiger partial charge in [0, 0.05) is 17.1 Å². The Morgan fingerprint density at radius 2 is 1.00 bits per heavy atom. The molecule has 0 fully saturated rings. The number of hydrogen-bond acceptors (Lipinski definition) is 1. The molecule has 4 aromatic rings. The van der Waals surface area contributed by atoms with Crippen LogP contribution in [-0.4, -0.2) is 0 Å². The van der Waals surface area contributed by atoms with Crippen molar-refractivity contribution in [3.63, 3.8) is 0 Å². The quantitative estimate of drug-likeness (QED) is 0.316. The zero-order valence-electron chi connectivity index (χ0n) is 18.4. The van der Waals surface area contributed by atoms with Crippen molar-refractivity contribution < 1.29 is 0 Å². The van der Waals surface area contributed by atoms with Gasteiger partial charge in [-0.25, -0.2) is 0 Å². The van der Waals surface area contributed by atoms with Crippen LogP contribution in [0.25, 0.3) is 22.3 Å². The molecule has 1 aliphatic rings. The molecule has 0 saturated heterocycles. The predicted octanol–water partition coefficient (Wildman–Crippen LogP) is 8.78. The highest BCUT2D eigenvalue weighted by Gasteiger charge is 2.17. The van der Waals surface area contributed by atoms with Crippen LogP contribution in [0.5, 0.6) is 0 Å². The zero-order chi connectivity index (χ0) is 21.8. The van der Waals surface area contributed by atoms with Crippen LogP contribution in [0, 0.1) is 0 Å². The fraction of sp³-hybridized carbons (Fsp3) is 0.0968. The monoisotopic (exact) mass is 413 g/mol. The van der Waals surface area contributed by atoms with E-state index in [0.29, 0.717) is 0 Å². The van der Waals surface area contributed by atoms with Gasteiger partial charge in [-0.05, 0) is 72.4 Å². The lowest BCUT2D eigenvalue weighted by atomic mass is 9.99. The minimum Gasteiger partial charge on any atom is -0.314 e. The second-order valence-corrected chi connectivity index (χ2v) is 8.34. The summed E-state index contributed by atoms with van der Waals surface area (Å²) in [5.74, 6) is 0. The molecule has 5 rings (SSSR count). The van der Waals surface area contributed by atoms with Crippen molar-refractivity contribution in [1.29, 1.82) is 0 Å². The van der Waals surface area contributed by atoms with Crippen LogP contribution < -0.4 is 4.90 Å². The Bertz CT molecular complexity index is 1180. The molecule has 0 bridgehead atoms. The lowest BCUT2D eigenvalue weighted by molar-refractivity contribution is 0.875. The number of nitrogens with zero attached hydrogens (tertiary/aromatic N) is 1. The van der Waals surface area contributed by atoms with Gasteiger partial charge in [0.2, 0.25) is 0 Å². The van der Waals surface area contributed by atoms with E-state index in [1.807, 2.05) is 0 Å². The van der Waals surface area contributed by atoms with Gasteiger partial charge >= 0.3 is 0 Å². The molecule has 0 atom stereocenters. The Kier molecular flexibility index (Phi) is 5.72. The molecule has 0 unspecified atom stereocenters. The van der Waals surface area contributed by atoms with Crippen molar-refractivity contribution in [3.05, 3.63) is 133 Å². The smallest absolute Gasteiger partial charge is 0.0464 e. The summed E-state index contributed by atoms with van der Waals surface area (Å²) in [7, 11) is 0. The van der Waals surface area contributed by atoms with Crippen LogP contribution >= 0.6 is 0 Å². The first-order valence-corrected chi connectivity index (χ1v) is 11.3. The molecular weight excluding hydrogens is 386 g/mol. The predicted molar refractivity (Wildman–Crippen MR) is 137 cm³/mol. The molecule has 0 N–H and O–H groups in total. The molecule has 0 radical (unpaired) electrons. The Morgan fingerprint density at radius 1 is 0.500 bits per heavy atom. The maximum atomic E-state index is 2.42. The lowest BCUT2D eigenvalue weighted by Gasteiger charge is -2.30. The van der Waals surface area contributed by atoms with Gasteiger partial charge in [-0.3, -0.25) is 0 Å². The minimum atomic E-state index is 1.04. The van der Waals surface area contributed by atoms with Crippen molar-refractivity contribution in [2.45, 2.75) is 19.8 Å². The van der Waals surface area contributed by atoms with E-state index >= 15 is 0 Å². The molecule has 0 saturated carbocycles.